The molecule has 0 bridgehead atoms. The second-order valence-electron chi connectivity index (χ2n) is 7.51. The van der Waals surface area contributed by atoms with Crippen LogP contribution in [0, 0.1) is 37.3 Å². The van der Waals surface area contributed by atoms with E-state index in [2.05, 4.69) is 5.32 Å². The summed E-state index contributed by atoms with van der Waals surface area (Å²) in [7, 11) is 0. The van der Waals surface area contributed by atoms with Crippen molar-refractivity contribution in [2.24, 2.45) is 5.41 Å². The molecule has 148 valence electrons. The third-order valence-electron chi connectivity index (χ3n) is 5.43. The second-order valence-corrected chi connectivity index (χ2v) is 7.51. The van der Waals surface area contributed by atoms with E-state index in [9.17, 15) is 29.0 Å². The fraction of sp³-hybridized carbons (Fsp3) is 0.368. The Kier molecular flexibility index (Phi) is 5.12. The number of halogens is 2. The van der Waals surface area contributed by atoms with E-state index in [-0.39, 0.29) is 0 Å². The molecule has 2 aromatic rings. The molecule has 9 heteroatoms. The first-order chi connectivity index (χ1) is 13.1. The molecule has 2 aromatic carbocycles. The van der Waals surface area contributed by atoms with E-state index < -0.39 is 51.1 Å². The van der Waals surface area contributed by atoms with Gasteiger partial charge >= 0.3 is 0 Å². The Hall–Kier alpha value is -2.94. The summed E-state index contributed by atoms with van der Waals surface area (Å²) in [5.41, 5.74) is -0.453. The lowest BCUT2D eigenvalue weighted by Gasteiger charge is -2.44. The minimum atomic E-state index is -1.35. The Morgan fingerprint density at radius 3 is 1.39 bits per heavy atom. The zero-order valence-electron chi connectivity index (χ0n) is 15.2. The summed E-state index contributed by atoms with van der Waals surface area (Å²) in [4.78, 5) is 22.7. The van der Waals surface area contributed by atoms with Gasteiger partial charge in [-0.3, -0.25) is 25.5 Å². The highest BCUT2D eigenvalue weighted by Crippen LogP contribution is 2.46. The SMILES string of the molecule is CC1(C)[C@@H]([N+](=O)[O-])[C@@H](c2ccc(F)cc2)N[C@@H](c2ccc(F)cc2)[C@@H]1[N+](=O)[O-]. The van der Waals surface area contributed by atoms with Crippen LogP contribution in [0.15, 0.2) is 48.5 Å². The molecule has 0 saturated carbocycles. The van der Waals surface area contributed by atoms with Crippen molar-refractivity contribution in [3.05, 3.63) is 91.5 Å². The lowest BCUT2D eigenvalue weighted by Crippen LogP contribution is -2.63. The summed E-state index contributed by atoms with van der Waals surface area (Å²) in [6, 6.07) is 6.01. The number of nitro groups is 2. The van der Waals surface area contributed by atoms with Gasteiger partial charge in [-0.1, -0.05) is 24.3 Å². The molecule has 0 aromatic heterocycles. The second kappa shape index (κ2) is 7.23. The van der Waals surface area contributed by atoms with Gasteiger partial charge in [0.25, 0.3) is 0 Å². The Labute approximate surface area is 159 Å². The van der Waals surface area contributed by atoms with Crippen molar-refractivity contribution in [1.29, 1.82) is 0 Å². The number of benzene rings is 2. The van der Waals surface area contributed by atoms with Crippen LogP contribution in [-0.2, 0) is 0 Å². The topological polar surface area (TPSA) is 98.3 Å². The van der Waals surface area contributed by atoms with Gasteiger partial charge < -0.3 is 0 Å². The predicted molar refractivity (Wildman–Crippen MR) is 96.8 cm³/mol. The summed E-state index contributed by atoms with van der Waals surface area (Å²) in [5, 5.41) is 26.8. The van der Waals surface area contributed by atoms with Gasteiger partial charge in [0.05, 0.1) is 0 Å². The Bertz CT molecular complexity index is 816. The first-order valence-electron chi connectivity index (χ1n) is 8.67. The molecule has 7 nitrogen and oxygen atoms in total. The van der Waals surface area contributed by atoms with Crippen LogP contribution in [0.25, 0.3) is 0 Å². The molecule has 3 rings (SSSR count). The number of nitrogens with zero attached hydrogens (tertiary/aromatic N) is 2. The molecule has 0 radical (unpaired) electrons. The number of rotatable bonds is 4. The highest BCUT2D eigenvalue weighted by Gasteiger charge is 2.62. The largest absolute Gasteiger partial charge is 0.291 e. The molecule has 1 heterocycles. The maximum absolute atomic E-state index is 13.3. The molecule has 1 fully saturated rings. The Morgan fingerprint density at radius 2 is 1.11 bits per heavy atom. The van der Waals surface area contributed by atoms with Crippen molar-refractivity contribution in [3.63, 3.8) is 0 Å². The molecule has 1 saturated heterocycles. The summed E-state index contributed by atoms with van der Waals surface area (Å²) >= 11 is 0. The third kappa shape index (κ3) is 3.45. The maximum Gasteiger partial charge on any atom is 0.243 e. The fourth-order valence-corrected chi connectivity index (χ4v) is 4.09. The van der Waals surface area contributed by atoms with Crippen LogP contribution in [0.5, 0.6) is 0 Å². The molecule has 0 aliphatic carbocycles. The number of hydrogen-bond donors (Lipinski definition) is 1. The molecule has 1 N–H and O–H groups in total. The molecule has 0 unspecified atom stereocenters. The number of hydrogen-bond acceptors (Lipinski definition) is 5. The molecular weight excluding hydrogens is 372 g/mol. The first kappa shape index (κ1) is 19.8. The van der Waals surface area contributed by atoms with Gasteiger partial charge in [0.15, 0.2) is 0 Å². The first-order valence-corrected chi connectivity index (χ1v) is 8.67. The minimum absolute atomic E-state index is 0.449. The van der Waals surface area contributed by atoms with E-state index in [1.807, 2.05) is 0 Å². The van der Waals surface area contributed by atoms with Gasteiger partial charge in [-0.25, -0.2) is 8.78 Å². The predicted octanol–water partition coefficient (Wildman–Crippen LogP) is 3.67. The molecular formula is C19H19F2N3O4. The van der Waals surface area contributed by atoms with Gasteiger partial charge in [-0.15, -0.1) is 0 Å². The zero-order valence-corrected chi connectivity index (χ0v) is 15.2. The van der Waals surface area contributed by atoms with Crippen molar-refractivity contribution in [1.82, 2.24) is 5.32 Å². The van der Waals surface area contributed by atoms with Crippen molar-refractivity contribution >= 4 is 0 Å². The van der Waals surface area contributed by atoms with Crippen LogP contribution in [-0.4, -0.2) is 21.9 Å². The summed E-state index contributed by atoms with van der Waals surface area (Å²) in [6.07, 6.45) is 0. The average molecular weight is 391 g/mol. The van der Waals surface area contributed by atoms with Crippen molar-refractivity contribution in [2.45, 2.75) is 38.0 Å². The van der Waals surface area contributed by atoms with Crippen LogP contribution in [0.2, 0.25) is 0 Å². The van der Waals surface area contributed by atoms with Crippen LogP contribution in [0.1, 0.15) is 37.1 Å². The standard InChI is InChI=1S/C19H19F2N3O4/c1-19(2)17(23(25)26)15(11-3-7-13(20)8-4-11)22-16(18(19)24(27)28)12-5-9-14(21)10-6-12/h3-10,15-18,22H,1-2H3/t15-,16+,17-,18-/m0/s1. The molecule has 1 aliphatic heterocycles. The molecule has 0 amide bonds. The van der Waals surface area contributed by atoms with Crippen LogP contribution in [0.4, 0.5) is 8.78 Å². The van der Waals surface area contributed by atoms with E-state index in [1.165, 1.54) is 62.4 Å². The molecule has 28 heavy (non-hydrogen) atoms. The molecule has 4 atom stereocenters. The van der Waals surface area contributed by atoms with Gasteiger partial charge in [0.1, 0.15) is 29.1 Å². The van der Waals surface area contributed by atoms with E-state index in [0.29, 0.717) is 11.1 Å². The van der Waals surface area contributed by atoms with Crippen LogP contribution < -0.4 is 5.32 Å². The lowest BCUT2D eigenvalue weighted by molar-refractivity contribution is -0.605. The van der Waals surface area contributed by atoms with Gasteiger partial charge in [0.2, 0.25) is 12.1 Å². The molecule has 0 spiro atoms. The smallest absolute Gasteiger partial charge is 0.243 e. The van der Waals surface area contributed by atoms with Crippen LogP contribution in [0.3, 0.4) is 0 Å². The van der Waals surface area contributed by atoms with E-state index in [1.54, 1.807) is 0 Å². The van der Waals surface area contributed by atoms with Gasteiger partial charge in [-0.05, 0) is 49.2 Å². The van der Waals surface area contributed by atoms with Gasteiger partial charge in [-0.2, -0.15) is 0 Å². The third-order valence-corrected chi connectivity index (χ3v) is 5.43. The summed E-state index contributed by atoms with van der Waals surface area (Å²) in [5.74, 6) is -0.982. The Balaban J connectivity index is 2.14. The van der Waals surface area contributed by atoms with Gasteiger partial charge in [0, 0.05) is 9.85 Å². The van der Waals surface area contributed by atoms with E-state index >= 15 is 0 Å². The zero-order chi connectivity index (χ0) is 20.6. The lowest BCUT2D eigenvalue weighted by atomic mass is 9.66. The highest BCUT2D eigenvalue weighted by atomic mass is 19.1. The quantitative estimate of drug-likeness (QED) is 0.633. The van der Waals surface area contributed by atoms with Crippen molar-refractivity contribution < 1.29 is 18.6 Å². The monoisotopic (exact) mass is 391 g/mol. The van der Waals surface area contributed by atoms with E-state index in [4.69, 9.17) is 0 Å². The summed E-state index contributed by atoms with van der Waals surface area (Å²) in [6.45, 7) is 2.98. The fourth-order valence-electron chi connectivity index (χ4n) is 4.09. The summed E-state index contributed by atoms with van der Waals surface area (Å²) < 4.78 is 26.7. The minimum Gasteiger partial charge on any atom is -0.291 e. The van der Waals surface area contributed by atoms with Crippen molar-refractivity contribution in [3.8, 4) is 0 Å². The number of nitrogens with one attached hydrogen (secondary N) is 1. The van der Waals surface area contributed by atoms with E-state index in [0.717, 1.165) is 0 Å². The average Bonchev–Trinajstić information content (AvgIpc) is 2.60. The normalized spacial score (nSPS) is 26.6. The number of piperidine rings is 1. The Morgan fingerprint density at radius 1 is 0.786 bits per heavy atom. The highest BCUT2D eigenvalue weighted by molar-refractivity contribution is 5.28. The molecule has 1 aliphatic rings. The maximum atomic E-state index is 13.3. The van der Waals surface area contributed by atoms with Crippen LogP contribution >= 0.6 is 0 Å². The van der Waals surface area contributed by atoms with Crippen molar-refractivity contribution in [2.75, 3.05) is 0 Å².